The number of hydrogen-bond acceptors (Lipinski definition) is 4. The van der Waals surface area contributed by atoms with E-state index in [4.69, 9.17) is 0 Å². The van der Waals surface area contributed by atoms with Gasteiger partial charge in [-0.3, -0.25) is 0 Å². The Hall–Kier alpha value is -0.0951. The van der Waals surface area contributed by atoms with E-state index in [1.807, 2.05) is 0 Å². The van der Waals surface area contributed by atoms with E-state index >= 15 is 0 Å². The van der Waals surface area contributed by atoms with Crippen molar-refractivity contribution in [1.82, 2.24) is 11.0 Å². The summed E-state index contributed by atoms with van der Waals surface area (Å²) in [7, 11) is 4.41. The molecule has 7 heavy (non-hydrogen) atoms. The zero-order chi connectivity index (χ0) is 5.54. The van der Waals surface area contributed by atoms with Crippen LogP contribution in [0.2, 0.25) is 0 Å². The average Bonchev–Trinajstić information content (AvgIpc) is 1.69. The number of hydroxylamine groups is 2. The highest BCUT2D eigenvalue weighted by molar-refractivity contribution is 6.17. The minimum Gasteiger partial charge on any atom is -0.328 e. The van der Waals surface area contributed by atoms with Crippen LogP contribution < -0.4 is 11.0 Å². The Bertz CT molecular complexity index is 32.9. The van der Waals surface area contributed by atoms with Crippen molar-refractivity contribution in [3.05, 3.63) is 0 Å². The van der Waals surface area contributed by atoms with Gasteiger partial charge in [0.1, 0.15) is 0 Å². The lowest BCUT2D eigenvalue weighted by atomic mass is 10.4. The van der Waals surface area contributed by atoms with Gasteiger partial charge in [-0.2, -0.15) is 0 Å². The van der Waals surface area contributed by atoms with Gasteiger partial charge in [-0.25, -0.2) is 11.0 Å². The summed E-state index contributed by atoms with van der Waals surface area (Å²) in [6, 6.07) is 0. The Morgan fingerprint density at radius 3 is 1.86 bits per heavy atom. The zero-order valence-electron chi connectivity index (χ0n) is 4.39. The standard InChI is InChI=1S/C2H8BN2O2/c1-4-6-3-7-5-2/h4-5H,1-2H3. The molecule has 41 valence electrons. The third kappa shape index (κ3) is 5.90. The van der Waals surface area contributed by atoms with Crippen molar-refractivity contribution in [3.8, 4) is 0 Å². The van der Waals surface area contributed by atoms with Gasteiger partial charge in [0, 0.05) is 14.1 Å². The van der Waals surface area contributed by atoms with Gasteiger partial charge in [-0.1, -0.05) is 0 Å². The van der Waals surface area contributed by atoms with E-state index in [1.165, 1.54) is 0 Å². The Balaban J connectivity index is 2.45. The summed E-state index contributed by atoms with van der Waals surface area (Å²) in [6.45, 7) is 0. The molecule has 0 aliphatic rings. The molecule has 0 saturated carbocycles. The maximum absolute atomic E-state index is 4.41. The van der Waals surface area contributed by atoms with Gasteiger partial charge < -0.3 is 9.51 Å². The van der Waals surface area contributed by atoms with Crippen LogP contribution in [0.5, 0.6) is 0 Å². The van der Waals surface area contributed by atoms with Crippen molar-refractivity contribution in [1.29, 1.82) is 0 Å². The first-order valence-corrected chi connectivity index (χ1v) is 1.88. The summed E-state index contributed by atoms with van der Waals surface area (Å²) in [4.78, 5) is 0. The van der Waals surface area contributed by atoms with Gasteiger partial charge in [-0.05, 0) is 0 Å². The molecule has 0 unspecified atom stereocenters. The van der Waals surface area contributed by atoms with E-state index in [1.54, 1.807) is 14.1 Å². The summed E-state index contributed by atoms with van der Waals surface area (Å²) < 4.78 is 8.83. The van der Waals surface area contributed by atoms with Gasteiger partial charge in [0.25, 0.3) is 0 Å². The number of rotatable bonds is 4. The minimum absolute atomic E-state index is 1.14. The van der Waals surface area contributed by atoms with Crippen LogP contribution in [0.4, 0.5) is 0 Å². The van der Waals surface area contributed by atoms with E-state index in [0.29, 0.717) is 0 Å². The first kappa shape index (κ1) is 6.90. The van der Waals surface area contributed by atoms with Crippen molar-refractivity contribution in [3.63, 3.8) is 0 Å². The minimum atomic E-state index is 1.14. The summed E-state index contributed by atoms with van der Waals surface area (Å²) in [5.74, 6) is 0. The van der Waals surface area contributed by atoms with Crippen LogP contribution in [0, 0.1) is 0 Å². The molecule has 0 rings (SSSR count). The Kier molecular flexibility index (Phi) is 5.82. The molecule has 4 nitrogen and oxygen atoms in total. The highest BCUT2D eigenvalue weighted by atomic mass is 16.7. The zero-order valence-corrected chi connectivity index (χ0v) is 4.39. The lowest BCUT2D eigenvalue weighted by Gasteiger charge is -1.95. The van der Waals surface area contributed by atoms with Gasteiger partial charge in [-0.15, -0.1) is 0 Å². The molecule has 0 heterocycles. The van der Waals surface area contributed by atoms with Crippen LogP contribution in [-0.2, 0) is 9.51 Å². The third-order valence-electron chi connectivity index (χ3n) is 0.332. The first-order chi connectivity index (χ1) is 3.41. The molecule has 0 aromatic heterocycles. The predicted molar refractivity (Wildman–Crippen MR) is 26.0 cm³/mol. The first-order valence-electron chi connectivity index (χ1n) is 1.88. The van der Waals surface area contributed by atoms with E-state index < -0.39 is 0 Å². The SMILES string of the molecule is CNO[B]ONC. The van der Waals surface area contributed by atoms with Crippen molar-refractivity contribution in [2.75, 3.05) is 14.1 Å². The summed E-state index contributed by atoms with van der Waals surface area (Å²) in [6.07, 6.45) is 0. The van der Waals surface area contributed by atoms with Gasteiger partial charge in [0.05, 0.1) is 0 Å². The van der Waals surface area contributed by atoms with Crippen LogP contribution in [0.1, 0.15) is 0 Å². The third-order valence-corrected chi connectivity index (χ3v) is 0.332. The normalized spacial score (nSPS) is 8.86. The van der Waals surface area contributed by atoms with E-state index in [2.05, 4.69) is 20.5 Å². The van der Waals surface area contributed by atoms with Crippen molar-refractivity contribution >= 4 is 7.69 Å². The molecule has 0 amide bonds. The van der Waals surface area contributed by atoms with E-state index in [9.17, 15) is 0 Å². The molecular weight excluding hydrogens is 94.8 g/mol. The number of hydrogen-bond donors (Lipinski definition) is 2. The largest absolute Gasteiger partial charge is 0.525 e. The topological polar surface area (TPSA) is 42.5 Å². The van der Waals surface area contributed by atoms with Crippen LogP contribution in [-0.4, -0.2) is 21.8 Å². The lowest BCUT2D eigenvalue weighted by Crippen LogP contribution is -2.19. The second-order valence-corrected chi connectivity index (χ2v) is 0.740. The van der Waals surface area contributed by atoms with Crippen LogP contribution in [0.15, 0.2) is 0 Å². The van der Waals surface area contributed by atoms with Crippen LogP contribution in [0.3, 0.4) is 0 Å². The van der Waals surface area contributed by atoms with E-state index in [-0.39, 0.29) is 0 Å². The van der Waals surface area contributed by atoms with Gasteiger partial charge in [0.15, 0.2) is 0 Å². The van der Waals surface area contributed by atoms with Crippen molar-refractivity contribution in [2.24, 2.45) is 0 Å². The fourth-order valence-corrected chi connectivity index (χ4v) is 0.120. The van der Waals surface area contributed by atoms with Crippen molar-refractivity contribution in [2.45, 2.75) is 0 Å². The molecule has 0 fully saturated rings. The van der Waals surface area contributed by atoms with Gasteiger partial charge in [0.2, 0.25) is 0 Å². The monoisotopic (exact) mass is 103 g/mol. The molecule has 0 aliphatic carbocycles. The smallest absolute Gasteiger partial charge is 0.328 e. The molecule has 0 aliphatic heterocycles. The molecule has 0 aromatic carbocycles. The molecule has 0 aromatic rings. The Morgan fingerprint density at radius 1 is 1.14 bits per heavy atom. The fraction of sp³-hybridized carbons (Fsp3) is 1.00. The Labute approximate surface area is 43.4 Å². The fourth-order valence-electron chi connectivity index (χ4n) is 0.120. The predicted octanol–water partition coefficient (Wildman–Crippen LogP) is -1.18. The van der Waals surface area contributed by atoms with Crippen LogP contribution >= 0.6 is 0 Å². The summed E-state index contributed by atoms with van der Waals surface area (Å²) in [5.41, 5.74) is 4.76. The van der Waals surface area contributed by atoms with E-state index in [0.717, 1.165) is 7.69 Å². The molecule has 0 spiro atoms. The summed E-state index contributed by atoms with van der Waals surface area (Å²) in [5, 5.41) is 0. The van der Waals surface area contributed by atoms with Crippen LogP contribution in [0.25, 0.3) is 0 Å². The maximum Gasteiger partial charge on any atom is 0.525 e. The Morgan fingerprint density at radius 2 is 1.57 bits per heavy atom. The second-order valence-electron chi connectivity index (χ2n) is 0.740. The summed E-state index contributed by atoms with van der Waals surface area (Å²) >= 11 is 0. The molecule has 5 heteroatoms. The highest BCUT2D eigenvalue weighted by Gasteiger charge is 1.85. The lowest BCUT2D eigenvalue weighted by molar-refractivity contribution is 0.129. The molecule has 0 bridgehead atoms. The molecular formula is C2H8BN2O2. The second kappa shape index (κ2) is 5.90. The van der Waals surface area contributed by atoms with Crippen molar-refractivity contribution < 1.29 is 9.51 Å². The molecule has 0 saturated heterocycles. The number of nitrogens with one attached hydrogen (secondary N) is 2. The quantitative estimate of drug-likeness (QED) is 0.267. The molecule has 1 radical (unpaired) electrons. The highest BCUT2D eigenvalue weighted by Crippen LogP contribution is 1.56. The average molecular weight is 103 g/mol. The molecule has 2 N–H and O–H groups in total. The molecule has 0 atom stereocenters. The maximum atomic E-state index is 4.41. The van der Waals surface area contributed by atoms with Gasteiger partial charge >= 0.3 is 7.69 Å².